The second-order valence-corrected chi connectivity index (χ2v) is 19.6. The van der Waals surface area contributed by atoms with Crippen molar-refractivity contribution in [3.05, 3.63) is 115 Å². The van der Waals surface area contributed by atoms with Crippen molar-refractivity contribution in [2.75, 3.05) is 0 Å². The molecule has 0 fully saturated rings. The van der Waals surface area contributed by atoms with Crippen molar-refractivity contribution in [3.8, 4) is 23.0 Å². The molecular formula is C48H64O4. The topological polar surface area (TPSA) is 80.9 Å². The lowest BCUT2D eigenvalue weighted by Crippen LogP contribution is -2.14. The van der Waals surface area contributed by atoms with E-state index in [-0.39, 0.29) is 21.7 Å². The molecule has 1 aliphatic carbocycles. The van der Waals surface area contributed by atoms with Crippen LogP contribution in [0.2, 0.25) is 0 Å². The highest BCUT2D eigenvalue weighted by Crippen LogP contribution is 2.41. The van der Waals surface area contributed by atoms with Crippen LogP contribution in [0.5, 0.6) is 23.0 Å². The van der Waals surface area contributed by atoms with Crippen LogP contribution in [-0.2, 0) is 60.2 Å². The van der Waals surface area contributed by atoms with Crippen molar-refractivity contribution in [1.29, 1.82) is 0 Å². The van der Waals surface area contributed by atoms with Crippen LogP contribution in [0.15, 0.2) is 48.5 Å². The normalized spacial score (nSPS) is 15.0. The zero-order valence-electron chi connectivity index (χ0n) is 34.1. The molecule has 0 aliphatic heterocycles. The van der Waals surface area contributed by atoms with E-state index in [1.165, 1.54) is 0 Å². The highest BCUT2D eigenvalue weighted by molar-refractivity contribution is 5.55. The van der Waals surface area contributed by atoms with Gasteiger partial charge in [-0.25, -0.2) is 0 Å². The quantitative estimate of drug-likeness (QED) is 0.147. The van der Waals surface area contributed by atoms with Crippen molar-refractivity contribution in [1.82, 2.24) is 0 Å². The molecule has 4 N–H and O–H groups in total. The summed E-state index contributed by atoms with van der Waals surface area (Å²) in [4.78, 5) is 0. The Bertz CT molecular complexity index is 1670. The minimum absolute atomic E-state index is 0.131. The van der Waals surface area contributed by atoms with Crippen LogP contribution in [0, 0.1) is 0 Å². The summed E-state index contributed by atoms with van der Waals surface area (Å²) in [5.41, 5.74) is 10.9. The highest BCUT2D eigenvalue weighted by Gasteiger charge is 2.25. The summed E-state index contributed by atoms with van der Waals surface area (Å²) < 4.78 is 0. The molecule has 0 heterocycles. The summed E-state index contributed by atoms with van der Waals surface area (Å²) in [6, 6.07) is 17.0. The van der Waals surface area contributed by atoms with Gasteiger partial charge in [0.2, 0.25) is 0 Å². The number of benzene rings is 4. The van der Waals surface area contributed by atoms with E-state index >= 15 is 0 Å². The molecule has 0 amide bonds. The van der Waals surface area contributed by atoms with Gasteiger partial charge < -0.3 is 20.4 Å². The Kier molecular flexibility index (Phi) is 10.7. The molecule has 5 rings (SSSR count). The van der Waals surface area contributed by atoms with E-state index in [0.717, 1.165) is 79.6 Å². The molecule has 4 heteroatoms. The van der Waals surface area contributed by atoms with Gasteiger partial charge >= 0.3 is 0 Å². The Balaban J connectivity index is 1.72. The number of phenols is 4. The molecule has 0 unspecified atom stereocenters. The van der Waals surface area contributed by atoms with Gasteiger partial charge in [-0.3, -0.25) is 0 Å². The molecule has 0 spiro atoms. The monoisotopic (exact) mass is 704 g/mol. The molecule has 0 saturated carbocycles. The Morgan fingerprint density at radius 2 is 0.481 bits per heavy atom. The maximum absolute atomic E-state index is 11.8. The van der Waals surface area contributed by atoms with Crippen LogP contribution in [-0.4, -0.2) is 20.4 Å². The van der Waals surface area contributed by atoms with Crippen molar-refractivity contribution in [2.45, 2.75) is 156 Å². The molecule has 52 heavy (non-hydrogen) atoms. The van der Waals surface area contributed by atoms with E-state index in [1.54, 1.807) is 0 Å². The Labute approximate surface area is 314 Å². The van der Waals surface area contributed by atoms with Crippen molar-refractivity contribution < 1.29 is 20.4 Å². The number of aryl methyl sites for hydroxylation is 4. The molecule has 1 aliphatic rings. The van der Waals surface area contributed by atoms with Gasteiger partial charge in [0.05, 0.1) is 0 Å². The van der Waals surface area contributed by atoms with E-state index in [0.29, 0.717) is 61.5 Å². The van der Waals surface area contributed by atoms with E-state index in [9.17, 15) is 20.4 Å². The minimum Gasteiger partial charge on any atom is -0.507 e. The first-order valence-electron chi connectivity index (χ1n) is 19.3. The van der Waals surface area contributed by atoms with Gasteiger partial charge in [-0.2, -0.15) is 0 Å². The summed E-state index contributed by atoms with van der Waals surface area (Å²) in [7, 11) is 0. The third-order valence-electron chi connectivity index (χ3n) is 11.1. The van der Waals surface area contributed by atoms with Crippen LogP contribution >= 0.6 is 0 Å². The number of hydrogen-bond donors (Lipinski definition) is 4. The minimum atomic E-state index is -0.131. The molecule has 0 saturated heterocycles. The molecule has 0 aromatic heterocycles. The van der Waals surface area contributed by atoms with Crippen LogP contribution in [0.25, 0.3) is 0 Å². The second kappa shape index (κ2) is 14.1. The zero-order valence-corrected chi connectivity index (χ0v) is 34.1. The van der Waals surface area contributed by atoms with Gasteiger partial charge in [-0.1, -0.05) is 132 Å². The summed E-state index contributed by atoms with van der Waals surface area (Å²) in [6.07, 6.45) is 4.91. The lowest BCUT2D eigenvalue weighted by Gasteiger charge is -2.25. The number of rotatable bonds is 0. The summed E-state index contributed by atoms with van der Waals surface area (Å²) >= 11 is 0. The molecule has 0 radical (unpaired) electrons. The first-order chi connectivity index (χ1) is 23.9. The van der Waals surface area contributed by atoms with Gasteiger partial charge in [-0.05, 0) is 127 Å². The van der Waals surface area contributed by atoms with Crippen LogP contribution in [0.3, 0.4) is 0 Å². The number of aromatic hydroxyl groups is 4. The first kappa shape index (κ1) is 39.3. The molecular weight excluding hydrogens is 641 g/mol. The predicted octanol–water partition coefficient (Wildman–Crippen LogP) is 11.5. The average Bonchev–Trinajstić information content (AvgIpc) is 3.01. The standard InChI is InChI=1S/C48H64O4/c1-45(2,3)37-21-29-15-13-16-30-22-39(47(7,8)9)27-35(43(30)51)20-36-28-40(48(10,11)12)24-32(44(36)52)18-14-17-31-23-38(46(4,5)6)26-34(42(31)50)19-33(25-37)41(29)49/h21-28,49-52H,13-20H2,1-12H3. The smallest absolute Gasteiger partial charge is 0.122 e. The van der Waals surface area contributed by atoms with Gasteiger partial charge in [0.1, 0.15) is 23.0 Å². The second-order valence-electron chi connectivity index (χ2n) is 19.6. The fourth-order valence-corrected chi connectivity index (χ4v) is 7.42. The summed E-state index contributed by atoms with van der Waals surface area (Å²) in [5, 5.41) is 47.3. The van der Waals surface area contributed by atoms with Gasteiger partial charge in [0.15, 0.2) is 0 Å². The third kappa shape index (κ3) is 8.64. The van der Waals surface area contributed by atoms with Crippen LogP contribution in [0.4, 0.5) is 0 Å². The van der Waals surface area contributed by atoms with Gasteiger partial charge in [-0.15, -0.1) is 0 Å². The van der Waals surface area contributed by atoms with E-state index in [1.807, 2.05) is 0 Å². The Morgan fingerprint density at radius 3 is 0.654 bits per heavy atom. The first-order valence-corrected chi connectivity index (χ1v) is 19.3. The van der Waals surface area contributed by atoms with Gasteiger partial charge in [0, 0.05) is 12.8 Å². The van der Waals surface area contributed by atoms with Crippen LogP contribution < -0.4 is 0 Å². The van der Waals surface area contributed by atoms with Crippen molar-refractivity contribution in [3.63, 3.8) is 0 Å². The average molecular weight is 705 g/mol. The SMILES string of the molecule is CC(C)(C)c1cc2c(O)c(c1)Cc1cc(C(C)(C)C)cc(c1O)CCCc1cc(C(C)(C)C)cc(c1O)Cc1cc(C(C)(C)C)cc(c1O)CCC2. The Morgan fingerprint density at radius 1 is 0.308 bits per heavy atom. The lowest BCUT2D eigenvalue weighted by molar-refractivity contribution is 0.449. The Hall–Kier alpha value is -3.92. The molecule has 280 valence electrons. The zero-order chi connectivity index (χ0) is 38.6. The van der Waals surface area contributed by atoms with E-state index in [4.69, 9.17) is 0 Å². The van der Waals surface area contributed by atoms with Crippen molar-refractivity contribution in [2.24, 2.45) is 0 Å². The maximum Gasteiger partial charge on any atom is 0.122 e. The third-order valence-corrected chi connectivity index (χ3v) is 11.1. The number of fused-ring (bicyclic) bond motifs is 8. The summed E-state index contributed by atoms with van der Waals surface area (Å²) in [5.74, 6) is 1.17. The van der Waals surface area contributed by atoms with Crippen LogP contribution in [0.1, 0.15) is 163 Å². The molecule has 4 aromatic carbocycles. The highest BCUT2D eigenvalue weighted by atomic mass is 16.3. The van der Waals surface area contributed by atoms with Gasteiger partial charge in [0.25, 0.3) is 0 Å². The number of hydrogen-bond acceptors (Lipinski definition) is 4. The number of phenolic OH excluding ortho intramolecular Hbond substituents is 4. The predicted molar refractivity (Wildman–Crippen MR) is 217 cm³/mol. The largest absolute Gasteiger partial charge is 0.507 e. The molecule has 4 nitrogen and oxygen atoms in total. The molecule has 8 bridgehead atoms. The van der Waals surface area contributed by atoms with Crippen molar-refractivity contribution >= 4 is 0 Å². The summed E-state index contributed by atoms with van der Waals surface area (Å²) in [6.45, 7) is 26.4. The fourth-order valence-electron chi connectivity index (χ4n) is 7.42. The van der Waals surface area contributed by atoms with E-state index in [2.05, 4.69) is 132 Å². The maximum atomic E-state index is 11.8. The fraction of sp³-hybridized carbons (Fsp3) is 0.500. The lowest BCUT2D eigenvalue weighted by atomic mass is 9.80. The molecule has 0 atom stereocenters. The van der Waals surface area contributed by atoms with E-state index < -0.39 is 0 Å². The molecule has 4 aromatic rings.